The SMILES string of the molecule is CCOC(C)CNS(=O)(=O)c1ccc(CN)cc1OC. The monoisotopic (exact) mass is 302 g/mol. The Morgan fingerprint density at radius 2 is 2.10 bits per heavy atom. The molecule has 0 aromatic heterocycles. The van der Waals surface area contributed by atoms with Crippen LogP contribution in [-0.4, -0.2) is 34.8 Å². The Balaban J connectivity index is 2.92. The quantitative estimate of drug-likeness (QED) is 0.743. The van der Waals surface area contributed by atoms with Crippen LogP contribution in [0.3, 0.4) is 0 Å². The predicted octanol–water partition coefficient (Wildman–Crippen LogP) is 0.857. The number of benzene rings is 1. The van der Waals surface area contributed by atoms with Gasteiger partial charge in [-0.15, -0.1) is 0 Å². The van der Waals surface area contributed by atoms with Crippen molar-refractivity contribution in [3.05, 3.63) is 23.8 Å². The average Bonchev–Trinajstić information content (AvgIpc) is 2.44. The minimum absolute atomic E-state index is 0.0981. The molecule has 0 aliphatic heterocycles. The molecule has 1 atom stereocenters. The van der Waals surface area contributed by atoms with E-state index < -0.39 is 10.0 Å². The van der Waals surface area contributed by atoms with E-state index in [-0.39, 0.29) is 23.3 Å². The van der Waals surface area contributed by atoms with Crippen molar-refractivity contribution >= 4 is 10.0 Å². The largest absolute Gasteiger partial charge is 0.495 e. The maximum absolute atomic E-state index is 12.2. The van der Waals surface area contributed by atoms with Crippen LogP contribution in [0, 0.1) is 0 Å². The van der Waals surface area contributed by atoms with Gasteiger partial charge >= 0.3 is 0 Å². The van der Waals surface area contributed by atoms with Crippen LogP contribution >= 0.6 is 0 Å². The summed E-state index contributed by atoms with van der Waals surface area (Å²) in [5.41, 5.74) is 6.34. The number of nitrogens with two attached hydrogens (primary N) is 1. The first-order valence-corrected chi connectivity index (χ1v) is 7.91. The molecular formula is C13H22N2O4S. The van der Waals surface area contributed by atoms with E-state index in [0.29, 0.717) is 13.2 Å². The smallest absolute Gasteiger partial charge is 0.244 e. The molecule has 0 aliphatic carbocycles. The average molecular weight is 302 g/mol. The molecule has 1 rings (SSSR count). The minimum Gasteiger partial charge on any atom is -0.495 e. The van der Waals surface area contributed by atoms with Gasteiger partial charge in [0.05, 0.1) is 13.2 Å². The molecule has 1 unspecified atom stereocenters. The van der Waals surface area contributed by atoms with Crippen molar-refractivity contribution in [2.45, 2.75) is 31.4 Å². The number of hydrogen-bond acceptors (Lipinski definition) is 5. The molecule has 0 spiro atoms. The summed E-state index contributed by atoms with van der Waals surface area (Å²) in [6.45, 7) is 4.74. The molecule has 7 heteroatoms. The van der Waals surface area contributed by atoms with Gasteiger partial charge in [0.1, 0.15) is 10.6 Å². The summed E-state index contributed by atoms with van der Waals surface area (Å²) in [5, 5.41) is 0. The summed E-state index contributed by atoms with van der Waals surface area (Å²) in [7, 11) is -2.21. The number of methoxy groups -OCH3 is 1. The molecule has 1 aromatic rings. The van der Waals surface area contributed by atoms with Crippen molar-refractivity contribution in [1.82, 2.24) is 4.72 Å². The molecule has 0 saturated heterocycles. The fourth-order valence-corrected chi connectivity index (χ4v) is 2.97. The van der Waals surface area contributed by atoms with Gasteiger partial charge in [-0.25, -0.2) is 13.1 Å². The van der Waals surface area contributed by atoms with E-state index in [1.807, 2.05) is 6.92 Å². The van der Waals surface area contributed by atoms with Crippen LogP contribution in [-0.2, 0) is 21.3 Å². The molecule has 0 fully saturated rings. The van der Waals surface area contributed by atoms with E-state index in [4.69, 9.17) is 15.2 Å². The van der Waals surface area contributed by atoms with Gasteiger partial charge in [-0.2, -0.15) is 0 Å². The van der Waals surface area contributed by atoms with E-state index >= 15 is 0 Å². The van der Waals surface area contributed by atoms with E-state index in [0.717, 1.165) is 5.56 Å². The lowest BCUT2D eigenvalue weighted by Crippen LogP contribution is -2.32. The van der Waals surface area contributed by atoms with Crippen LogP contribution in [0.25, 0.3) is 0 Å². The van der Waals surface area contributed by atoms with Crippen molar-refractivity contribution in [3.63, 3.8) is 0 Å². The van der Waals surface area contributed by atoms with Crippen LogP contribution in [0.15, 0.2) is 23.1 Å². The highest BCUT2D eigenvalue weighted by Gasteiger charge is 2.20. The molecule has 0 radical (unpaired) electrons. The number of rotatable bonds is 8. The van der Waals surface area contributed by atoms with Crippen LogP contribution in [0.5, 0.6) is 5.75 Å². The summed E-state index contributed by atoms with van der Waals surface area (Å²) in [5.74, 6) is 0.282. The van der Waals surface area contributed by atoms with Crippen molar-refractivity contribution in [3.8, 4) is 5.75 Å². The molecular weight excluding hydrogens is 280 g/mol. The standard InChI is InChI=1S/C13H22N2O4S/c1-4-19-10(2)9-15-20(16,17)13-6-5-11(8-14)7-12(13)18-3/h5-7,10,15H,4,8-9,14H2,1-3H3. The Hall–Kier alpha value is -1.15. The van der Waals surface area contributed by atoms with Crippen LogP contribution < -0.4 is 15.2 Å². The van der Waals surface area contributed by atoms with E-state index in [9.17, 15) is 8.42 Å². The van der Waals surface area contributed by atoms with Gasteiger partial charge in [0.25, 0.3) is 0 Å². The van der Waals surface area contributed by atoms with E-state index in [1.165, 1.54) is 13.2 Å². The summed E-state index contributed by atoms with van der Waals surface area (Å²) in [6, 6.07) is 4.79. The van der Waals surface area contributed by atoms with Crippen molar-refractivity contribution in [2.75, 3.05) is 20.3 Å². The summed E-state index contributed by atoms with van der Waals surface area (Å²) >= 11 is 0. The second-order valence-corrected chi connectivity index (χ2v) is 6.04. The molecule has 3 N–H and O–H groups in total. The third-order valence-electron chi connectivity index (χ3n) is 2.77. The second-order valence-electron chi connectivity index (χ2n) is 4.31. The lowest BCUT2D eigenvalue weighted by atomic mass is 10.2. The van der Waals surface area contributed by atoms with Crippen molar-refractivity contribution < 1.29 is 17.9 Å². The maximum atomic E-state index is 12.2. The molecule has 0 bridgehead atoms. The summed E-state index contributed by atoms with van der Waals surface area (Å²) < 4.78 is 37.4. The van der Waals surface area contributed by atoms with Crippen molar-refractivity contribution in [1.29, 1.82) is 0 Å². The molecule has 114 valence electrons. The second kappa shape index (κ2) is 7.58. The Bertz CT molecular complexity index is 531. The van der Waals surface area contributed by atoms with Gasteiger partial charge in [-0.1, -0.05) is 6.07 Å². The van der Waals surface area contributed by atoms with Crippen LogP contribution in [0.1, 0.15) is 19.4 Å². The minimum atomic E-state index is -3.64. The fourth-order valence-electron chi connectivity index (χ4n) is 1.71. The van der Waals surface area contributed by atoms with Gasteiger partial charge in [0.2, 0.25) is 10.0 Å². The lowest BCUT2D eigenvalue weighted by Gasteiger charge is -2.15. The lowest BCUT2D eigenvalue weighted by molar-refractivity contribution is 0.0799. The number of nitrogens with one attached hydrogen (secondary N) is 1. The first kappa shape index (κ1) is 16.9. The number of hydrogen-bond donors (Lipinski definition) is 2. The first-order valence-electron chi connectivity index (χ1n) is 6.42. The Kier molecular flexibility index (Phi) is 6.41. The van der Waals surface area contributed by atoms with Crippen molar-refractivity contribution in [2.24, 2.45) is 5.73 Å². The van der Waals surface area contributed by atoms with Gasteiger partial charge in [-0.05, 0) is 31.5 Å². The normalized spacial score (nSPS) is 13.2. The van der Waals surface area contributed by atoms with Gasteiger partial charge in [0, 0.05) is 19.7 Å². The zero-order valence-corrected chi connectivity index (χ0v) is 12.9. The molecule has 6 nitrogen and oxygen atoms in total. The number of ether oxygens (including phenoxy) is 2. The molecule has 20 heavy (non-hydrogen) atoms. The van der Waals surface area contributed by atoms with E-state index in [2.05, 4.69) is 4.72 Å². The van der Waals surface area contributed by atoms with Gasteiger partial charge in [0.15, 0.2) is 0 Å². The van der Waals surface area contributed by atoms with E-state index in [1.54, 1.807) is 19.1 Å². The zero-order valence-electron chi connectivity index (χ0n) is 12.0. The molecule has 0 heterocycles. The van der Waals surface area contributed by atoms with Gasteiger partial charge in [-0.3, -0.25) is 0 Å². The fraction of sp³-hybridized carbons (Fsp3) is 0.538. The molecule has 0 amide bonds. The Morgan fingerprint density at radius 1 is 1.40 bits per heavy atom. The Labute approximate surface area is 120 Å². The maximum Gasteiger partial charge on any atom is 0.244 e. The first-order chi connectivity index (χ1) is 9.44. The molecule has 1 aromatic carbocycles. The van der Waals surface area contributed by atoms with Crippen LogP contribution in [0.2, 0.25) is 0 Å². The van der Waals surface area contributed by atoms with Gasteiger partial charge < -0.3 is 15.2 Å². The highest BCUT2D eigenvalue weighted by Crippen LogP contribution is 2.24. The third-order valence-corrected chi connectivity index (χ3v) is 4.23. The summed E-state index contributed by atoms with van der Waals surface area (Å²) in [6.07, 6.45) is -0.191. The highest BCUT2D eigenvalue weighted by atomic mass is 32.2. The highest BCUT2D eigenvalue weighted by molar-refractivity contribution is 7.89. The number of sulfonamides is 1. The third kappa shape index (κ3) is 4.45. The summed E-state index contributed by atoms with van der Waals surface area (Å²) in [4.78, 5) is 0.0981. The predicted molar refractivity (Wildman–Crippen MR) is 77.2 cm³/mol. The zero-order chi connectivity index (χ0) is 15.2. The topological polar surface area (TPSA) is 90.7 Å². The van der Waals surface area contributed by atoms with Crippen LogP contribution in [0.4, 0.5) is 0 Å². The molecule has 0 saturated carbocycles. The Morgan fingerprint density at radius 3 is 2.65 bits per heavy atom. The molecule has 0 aliphatic rings.